The zero-order valence-electron chi connectivity index (χ0n) is 12.7. The van der Waals surface area contributed by atoms with Crippen LogP contribution in [0.2, 0.25) is 0 Å². The molecule has 1 amide bonds. The molecular formula is C17H18N2O4. The third-order valence-corrected chi connectivity index (χ3v) is 3.36. The molecule has 0 spiro atoms. The molecule has 0 saturated heterocycles. The number of rotatable bonds is 5. The van der Waals surface area contributed by atoms with Gasteiger partial charge in [0.15, 0.2) is 11.5 Å². The average Bonchev–Trinajstić information content (AvgIpc) is 2.53. The molecule has 1 aromatic carbocycles. The van der Waals surface area contributed by atoms with E-state index in [4.69, 9.17) is 0 Å². The molecule has 120 valence electrons. The lowest BCUT2D eigenvalue weighted by molar-refractivity contribution is -0.116. The van der Waals surface area contributed by atoms with Gasteiger partial charge in [-0.05, 0) is 48.7 Å². The van der Waals surface area contributed by atoms with Crippen molar-refractivity contribution in [1.82, 2.24) is 10.3 Å². The third kappa shape index (κ3) is 4.23. The highest BCUT2D eigenvalue weighted by molar-refractivity contribution is 5.95. The molecule has 0 aliphatic heterocycles. The Morgan fingerprint density at radius 1 is 1.13 bits per heavy atom. The number of nitrogens with zero attached hydrogens (tertiary/aromatic N) is 1. The highest BCUT2D eigenvalue weighted by atomic mass is 16.3. The number of phenols is 3. The number of carbonyl (C=O) groups is 1. The number of amides is 1. The van der Waals surface area contributed by atoms with E-state index in [1.54, 1.807) is 19.3 Å². The third-order valence-electron chi connectivity index (χ3n) is 3.36. The van der Waals surface area contributed by atoms with Gasteiger partial charge in [-0.1, -0.05) is 0 Å². The fraction of sp³-hybridized carbons (Fsp3) is 0.176. The Kier molecular flexibility index (Phi) is 5.19. The van der Waals surface area contributed by atoms with Crippen LogP contribution >= 0.6 is 0 Å². The number of carbonyl (C=O) groups excluding carboxylic acids is 1. The summed E-state index contributed by atoms with van der Waals surface area (Å²) in [5.41, 5.74) is 1.82. The van der Waals surface area contributed by atoms with Gasteiger partial charge in [0.25, 0.3) is 0 Å². The molecule has 2 aromatic rings. The van der Waals surface area contributed by atoms with Crippen LogP contribution in [-0.2, 0) is 11.2 Å². The quantitative estimate of drug-likeness (QED) is 0.499. The molecule has 0 unspecified atom stereocenters. The molecule has 6 heteroatoms. The van der Waals surface area contributed by atoms with Crippen LogP contribution in [0.3, 0.4) is 0 Å². The molecule has 23 heavy (non-hydrogen) atoms. The van der Waals surface area contributed by atoms with Crippen molar-refractivity contribution in [2.75, 3.05) is 6.54 Å². The Labute approximate surface area is 133 Å². The first kappa shape index (κ1) is 16.4. The highest BCUT2D eigenvalue weighted by Crippen LogP contribution is 2.39. The second-order valence-electron chi connectivity index (χ2n) is 5.05. The molecule has 4 N–H and O–H groups in total. The summed E-state index contributed by atoms with van der Waals surface area (Å²) in [6.07, 6.45) is 5.41. The van der Waals surface area contributed by atoms with Gasteiger partial charge in [-0.25, -0.2) is 0 Å². The summed E-state index contributed by atoms with van der Waals surface area (Å²) in [6, 6.07) is 6.44. The lowest BCUT2D eigenvalue weighted by Crippen LogP contribution is -2.23. The number of phenolic OH excluding ortho intramolecular Hbond substituents is 3. The van der Waals surface area contributed by atoms with Crippen LogP contribution in [0.15, 0.2) is 42.7 Å². The van der Waals surface area contributed by atoms with E-state index in [0.717, 1.165) is 5.56 Å². The van der Waals surface area contributed by atoms with E-state index in [1.807, 2.05) is 12.1 Å². The number of aromatic nitrogens is 1. The zero-order valence-corrected chi connectivity index (χ0v) is 12.7. The number of hydrogen-bond acceptors (Lipinski definition) is 5. The Balaban J connectivity index is 1.98. The minimum absolute atomic E-state index is 0.282. The van der Waals surface area contributed by atoms with Gasteiger partial charge >= 0.3 is 0 Å². The first-order valence-corrected chi connectivity index (χ1v) is 7.08. The van der Waals surface area contributed by atoms with Crippen molar-refractivity contribution in [2.24, 2.45) is 0 Å². The van der Waals surface area contributed by atoms with Crippen LogP contribution in [0, 0.1) is 0 Å². The van der Waals surface area contributed by atoms with E-state index < -0.39 is 17.2 Å². The van der Waals surface area contributed by atoms with Gasteiger partial charge in [-0.3, -0.25) is 9.78 Å². The molecule has 1 aromatic heterocycles. The minimum atomic E-state index is -0.603. The van der Waals surface area contributed by atoms with Gasteiger partial charge in [0.05, 0.1) is 0 Å². The van der Waals surface area contributed by atoms with Crippen molar-refractivity contribution in [3.8, 4) is 17.2 Å². The SMILES string of the molecule is CC(=CC(=O)NCCc1ccncc1)c1ccc(O)c(O)c1O. The number of pyridine rings is 1. The van der Waals surface area contributed by atoms with Crippen LogP contribution in [0.25, 0.3) is 5.57 Å². The summed E-state index contributed by atoms with van der Waals surface area (Å²) in [6.45, 7) is 2.10. The normalized spacial score (nSPS) is 11.3. The molecule has 0 aliphatic carbocycles. The van der Waals surface area contributed by atoms with Crippen LogP contribution < -0.4 is 5.32 Å². The smallest absolute Gasteiger partial charge is 0.244 e. The maximum atomic E-state index is 11.9. The summed E-state index contributed by atoms with van der Waals surface area (Å²) < 4.78 is 0. The molecule has 2 rings (SSSR count). The van der Waals surface area contributed by atoms with E-state index in [2.05, 4.69) is 10.3 Å². The second kappa shape index (κ2) is 7.31. The number of hydrogen-bond donors (Lipinski definition) is 4. The predicted molar refractivity (Wildman–Crippen MR) is 86.0 cm³/mol. The Morgan fingerprint density at radius 2 is 1.83 bits per heavy atom. The molecule has 0 aliphatic rings. The topological polar surface area (TPSA) is 103 Å². The lowest BCUT2D eigenvalue weighted by atomic mass is 10.0. The highest BCUT2D eigenvalue weighted by Gasteiger charge is 2.12. The van der Waals surface area contributed by atoms with Crippen LogP contribution in [-0.4, -0.2) is 32.8 Å². The molecule has 0 saturated carbocycles. The number of aromatic hydroxyl groups is 3. The second-order valence-corrected chi connectivity index (χ2v) is 5.05. The first-order chi connectivity index (χ1) is 11.0. The summed E-state index contributed by atoms with van der Waals surface area (Å²) in [7, 11) is 0. The molecular weight excluding hydrogens is 296 g/mol. The fourth-order valence-electron chi connectivity index (χ4n) is 2.09. The van der Waals surface area contributed by atoms with Gasteiger partial charge in [0.2, 0.25) is 11.7 Å². The average molecular weight is 314 g/mol. The van der Waals surface area contributed by atoms with Crippen molar-refractivity contribution in [3.63, 3.8) is 0 Å². The van der Waals surface area contributed by atoms with Crippen molar-refractivity contribution < 1.29 is 20.1 Å². The van der Waals surface area contributed by atoms with Crippen LogP contribution in [0.1, 0.15) is 18.1 Å². The summed E-state index contributed by atoms with van der Waals surface area (Å²) in [5.74, 6) is -1.78. The predicted octanol–water partition coefficient (Wildman–Crippen LogP) is 1.96. The van der Waals surface area contributed by atoms with E-state index in [1.165, 1.54) is 18.2 Å². The van der Waals surface area contributed by atoms with E-state index >= 15 is 0 Å². The van der Waals surface area contributed by atoms with Gasteiger partial charge in [-0.2, -0.15) is 0 Å². The van der Waals surface area contributed by atoms with Crippen LogP contribution in [0.4, 0.5) is 0 Å². The fourth-order valence-corrected chi connectivity index (χ4v) is 2.09. The number of benzene rings is 1. The lowest BCUT2D eigenvalue weighted by Gasteiger charge is -2.08. The molecule has 0 radical (unpaired) electrons. The van der Waals surface area contributed by atoms with Crippen molar-refractivity contribution in [1.29, 1.82) is 0 Å². The van der Waals surface area contributed by atoms with Crippen molar-refractivity contribution in [3.05, 3.63) is 53.9 Å². The minimum Gasteiger partial charge on any atom is -0.504 e. The maximum Gasteiger partial charge on any atom is 0.244 e. The maximum absolute atomic E-state index is 11.9. The van der Waals surface area contributed by atoms with E-state index in [-0.39, 0.29) is 11.5 Å². The number of allylic oxidation sites excluding steroid dienone is 1. The van der Waals surface area contributed by atoms with Gasteiger partial charge in [0.1, 0.15) is 0 Å². The first-order valence-electron chi connectivity index (χ1n) is 7.08. The van der Waals surface area contributed by atoms with Gasteiger partial charge < -0.3 is 20.6 Å². The van der Waals surface area contributed by atoms with Gasteiger partial charge in [0, 0.05) is 30.6 Å². The summed E-state index contributed by atoms with van der Waals surface area (Å²) >= 11 is 0. The molecule has 0 fully saturated rings. The Morgan fingerprint density at radius 3 is 2.52 bits per heavy atom. The van der Waals surface area contributed by atoms with Crippen LogP contribution in [0.5, 0.6) is 17.2 Å². The molecule has 0 atom stereocenters. The molecule has 6 nitrogen and oxygen atoms in total. The number of nitrogens with one attached hydrogen (secondary N) is 1. The van der Waals surface area contributed by atoms with E-state index in [0.29, 0.717) is 18.5 Å². The molecule has 1 heterocycles. The van der Waals surface area contributed by atoms with E-state index in [9.17, 15) is 20.1 Å². The Bertz CT molecular complexity index is 727. The standard InChI is InChI=1S/C17H18N2O4/c1-11(13-2-3-14(20)17(23)16(13)22)10-15(21)19-9-6-12-4-7-18-8-5-12/h2-5,7-8,10,20,22-23H,6,9H2,1H3,(H,19,21). The van der Waals surface area contributed by atoms with Crippen molar-refractivity contribution in [2.45, 2.75) is 13.3 Å². The summed E-state index contributed by atoms with van der Waals surface area (Å²) in [4.78, 5) is 15.8. The van der Waals surface area contributed by atoms with Crippen molar-refractivity contribution >= 4 is 11.5 Å². The summed E-state index contributed by atoms with van der Waals surface area (Å²) in [5, 5.41) is 31.4. The molecule has 0 bridgehead atoms. The Hall–Kier alpha value is -3.02. The zero-order chi connectivity index (χ0) is 16.8. The largest absolute Gasteiger partial charge is 0.504 e. The van der Waals surface area contributed by atoms with Gasteiger partial charge in [-0.15, -0.1) is 0 Å². The monoisotopic (exact) mass is 314 g/mol.